The van der Waals surface area contributed by atoms with E-state index in [9.17, 15) is 9.59 Å². The van der Waals surface area contributed by atoms with E-state index >= 15 is 0 Å². The minimum Gasteiger partial charge on any atom is -0.378 e. The first-order valence-electron chi connectivity index (χ1n) is 8.75. The third kappa shape index (κ3) is 5.28. The lowest BCUT2D eigenvalue weighted by atomic mass is 10.1. The van der Waals surface area contributed by atoms with E-state index in [1.54, 1.807) is 0 Å². The van der Waals surface area contributed by atoms with Gasteiger partial charge in [-0.3, -0.25) is 14.5 Å². The molecule has 25 heavy (non-hydrogen) atoms. The molecular weight excluding hydrogens is 318 g/mol. The second kappa shape index (κ2) is 8.45. The Kier molecular flexibility index (Phi) is 6.56. The summed E-state index contributed by atoms with van der Waals surface area (Å²) in [6.07, 6.45) is 0. The van der Waals surface area contributed by atoms with Gasteiger partial charge in [0.25, 0.3) is 0 Å². The molecule has 6 heteroatoms. The molecule has 1 saturated heterocycles. The Morgan fingerprint density at radius 1 is 1.08 bits per heavy atom. The van der Waals surface area contributed by atoms with Crippen LogP contribution in [0, 0.1) is 20.8 Å². The van der Waals surface area contributed by atoms with Gasteiger partial charge in [0.1, 0.15) is 0 Å². The van der Waals surface area contributed by atoms with Gasteiger partial charge in [-0.2, -0.15) is 0 Å². The molecular formula is C19H29N3O3. The number of nitrogens with one attached hydrogen (secondary N) is 2. The summed E-state index contributed by atoms with van der Waals surface area (Å²) in [4.78, 5) is 26.4. The van der Waals surface area contributed by atoms with Gasteiger partial charge in [0.15, 0.2) is 0 Å². The number of morpholine rings is 1. The third-order valence-electron chi connectivity index (χ3n) is 4.56. The molecule has 0 unspecified atom stereocenters. The van der Waals surface area contributed by atoms with Crippen molar-refractivity contribution in [3.05, 3.63) is 28.8 Å². The smallest absolute Gasteiger partial charge is 0.243 e. The number of hydrogen-bond acceptors (Lipinski definition) is 4. The number of nitrogens with zero attached hydrogens (tertiary/aromatic N) is 1. The van der Waals surface area contributed by atoms with Crippen molar-refractivity contribution in [1.29, 1.82) is 0 Å². The second-order valence-corrected chi connectivity index (χ2v) is 7.01. The van der Waals surface area contributed by atoms with Crippen molar-refractivity contribution >= 4 is 17.5 Å². The fourth-order valence-electron chi connectivity index (χ4n) is 3.31. The molecule has 1 heterocycles. The Morgan fingerprint density at radius 3 is 2.20 bits per heavy atom. The highest BCUT2D eigenvalue weighted by atomic mass is 16.5. The summed E-state index contributed by atoms with van der Waals surface area (Å²) in [6.45, 7) is 11.6. The van der Waals surface area contributed by atoms with E-state index in [0.29, 0.717) is 13.2 Å². The Morgan fingerprint density at radius 2 is 1.64 bits per heavy atom. The number of amides is 2. The molecule has 2 amide bonds. The molecule has 2 atom stereocenters. The van der Waals surface area contributed by atoms with Crippen LogP contribution in [0.25, 0.3) is 0 Å². The zero-order valence-electron chi connectivity index (χ0n) is 15.8. The third-order valence-corrected chi connectivity index (χ3v) is 4.56. The number of aryl methyl sites for hydroxylation is 3. The summed E-state index contributed by atoms with van der Waals surface area (Å²) in [6, 6.07) is 4.45. The molecule has 6 nitrogen and oxygen atoms in total. The van der Waals surface area contributed by atoms with Crippen molar-refractivity contribution in [2.75, 3.05) is 31.6 Å². The first kappa shape index (κ1) is 19.4. The van der Waals surface area contributed by atoms with Gasteiger partial charge in [0.05, 0.1) is 26.3 Å². The molecule has 0 spiro atoms. The Balaban J connectivity index is 1.84. The van der Waals surface area contributed by atoms with Crippen LogP contribution in [0.15, 0.2) is 12.1 Å². The van der Waals surface area contributed by atoms with Gasteiger partial charge in [-0.05, 0) is 45.7 Å². The fraction of sp³-hybridized carbons (Fsp3) is 0.579. The highest BCUT2D eigenvalue weighted by Crippen LogP contribution is 2.21. The predicted octanol–water partition coefficient (Wildman–Crippen LogP) is 1.78. The lowest BCUT2D eigenvalue weighted by molar-refractivity contribution is -0.128. The van der Waals surface area contributed by atoms with E-state index in [-0.39, 0.29) is 37.0 Å². The largest absolute Gasteiger partial charge is 0.378 e. The van der Waals surface area contributed by atoms with Crippen LogP contribution in [0.3, 0.4) is 0 Å². The molecule has 1 aromatic carbocycles. The minimum atomic E-state index is -0.216. The zero-order chi connectivity index (χ0) is 18.6. The summed E-state index contributed by atoms with van der Waals surface area (Å²) in [7, 11) is 0. The minimum absolute atomic E-state index is 0.0291. The van der Waals surface area contributed by atoms with E-state index in [2.05, 4.69) is 15.5 Å². The predicted molar refractivity (Wildman–Crippen MR) is 98.7 cm³/mol. The second-order valence-electron chi connectivity index (χ2n) is 7.01. The Bertz CT molecular complexity index is 612. The maximum atomic E-state index is 12.2. The quantitative estimate of drug-likeness (QED) is 0.852. The lowest BCUT2D eigenvalue weighted by Gasteiger charge is -2.38. The summed E-state index contributed by atoms with van der Waals surface area (Å²) in [5.74, 6) is -0.362. The maximum absolute atomic E-state index is 12.2. The SMILES string of the molecule is Cc1cc(C)c(NC(=O)CNC(=O)CN2[C@H](C)COC[C@@H]2C)c(C)c1. The van der Waals surface area contributed by atoms with E-state index in [4.69, 9.17) is 4.74 Å². The number of carbonyl (C=O) groups is 2. The molecule has 0 saturated carbocycles. The van der Waals surface area contributed by atoms with Crippen molar-refractivity contribution in [2.45, 2.75) is 46.7 Å². The first-order chi connectivity index (χ1) is 11.8. The Labute approximate surface area is 149 Å². The number of rotatable bonds is 5. The number of benzene rings is 1. The molecule has 0 radical (unpaired) electrons. The maximum Gasteiger partial charge on any atom is 0.243 e. The van der Waals surface area contributed by atoms with E-state index in [1.165, 1.54) is 0 Å². The monoisotopic (exact) mass is 347 g/mol. The van der Waals surface area contributed by atoms with Crippen LogP contribution >= 0.6 is 0 Å². The van der Waals surface area contributed by atoms with E-state index < -0.39 is 0 Å². The summed E-state index contributed by atoms with van der Waals surface area (Å²) < 4.78 is 5.46. The summed E-state index contributed by atoms with van der Waals surface area (Å²) in [5.41, 5.74) is 4.02. The van der Waals surface area contributed by atoms with Crippen molar-refractivity contribution in [3.63, 3.8) is 0 Å². The average Bonchev–Trinajstić information content (AvgIpc) is 2.52. The fourth-order valence-corrected chi connectivity index (χ4v) is 3.31. The van der Waals surface area contributed by atoms with Crippen LogP contribution < -0.4 is 10.6 Å². The summed E-state index contributed by atoms with van der Waals surface area (Å²) >= 11 is 0. The molecule has 1 aliphatic heterocycles. The van der Waals surface area contributed by atoms with Crippen LogP contribution in [-0.4, -0.2) is 55.1 Å². The van der Waals surface area contributed by atoms with Crippen molar-refractivity contribution in [1.82, 2.24) is 10.2 Å². The molecule has 2 rings (SSSR count). The molecule has 0 aromatic heterocycles. The average molecular weight is 347 g/mol. The van der Waals surface area contributed by atoms with Crippen LogP contribution in [0.2, 0.25) is 0 Å². The highest BCUT2D eigenvalue weighted by Gasteiger charge is 2.27. The number of carbonyl (C=O) groups excluding carboxylic acids is 2. The first-order valence-corrected chi connectivity index (χ1v) is 8.75. The Hall–Kier alpha value is -1.92. The molecule has 2 N–H and O–H groups in total. The van der Waals surface area contributed by atoms with Gasteiger partial charge in [0, 0.05) is 17.8 Å². The van der Waals surface area contributed by atoms with Crippen LogP contribution in [0.1, 0.15) is 30.5 Å². The summed E-state index contributed by atoms with van der Waals surface area (Å²) in [5, 5.41) is 5.60. The molecule has 138 valence electrons. The van der Waals surface area contributed by atoms with Gasteiger partial charge < -0.3 is 15.4 Å². The van der Waals surface area contributed by atoms with E-state index in [1.807, 2.05) is 46.8 Å². The van der Waals surface area contributed by atoms with E-state index in [0.717, 1.165) is 22.4 Å². The van der Waals surface area contributed by atoms with Crippen LogP contribution in [0.4, 0.5) is 5.69 Å². The van der Waals surface area contributed by atoms with Crippen molar-refractivity contribution in [3.8, 4) is 0 Å². The standard InChI is InChI=1S/C19H29N3O3/c1-12-6-13(2)19(14(3)7-12)21-17(23)8-20-18(24)9-22-15(4)10-25-11-16(22)5/h6-7,15-16H,8-11H2,1-5H3,(H,20,24)(H,21,23)/t15-,16+. The zero-order valence-corrected chi connectivity index (χ0v) is 15.8. The molecule has 1 aliphatic rings. The van der Waals surface area contributed by atoms with Gasteiger partial charge in [0.2, 0.25) is 11.8 Å². The molecule has 0 bridgehead atoms. The van der Waals surface area contributed by atoms with Gasteiger partial charge in [-0.25, -0.2) is 0 Å². The molecule has 1 aromatic rings. The molecule has 0 aliphatic carbocycles. The van der Waals surface area contributed by atoms with Gasteiger partial charge in [-0.15, -0.1) is 0 Å². The van der Waals surface area contributed by atoms with Gasteiger partial charge >= 0.3 is 0 Å². The van der Waals surface area contributed by atoms with Crippen molar-refractivity contribution in [2.24, 2.45) is 0 Å². The number of anilines is 1. The number of hydrogen-bond donors (Lipinski definition) is 2. The molecule has 1 fully saturated rings. The topological polar surface area (TPSA) is 70.7 Å². The van der Waals surface area contributed by atoms with Crippen LogP contribution in [0.5, 0.6) is 0 Å². The van der Waals surface area contributed by atoms with Gasteiger partial charge in [-0.1, -0.05) is 17.7 Å². The van der Waals surface area contributed by atoms with Crippen molar-refractivity contribution < 1.29 is 14.3 Å². The lowest BCUT2D eigenvalue weighted by Crippen LogP contribution is -2.53. The highest BCUT2D eigenvalue weighted by molar-refractivity contribution is 5.96. The normalized spacial score (nSPS) is 21.0. The van der Waals surface area contributed by atoms with Crippen LogP contribution in [-0.2, 0) is 14.3 Å². The number of ether oxygens (including phenoxy) is 1.